The van der Waals surface area contributed by atoms with E-state index in [9.17, 15) is 4.79 Å². The standard InChI is InChI=1S/C23H38N6O2/c1-3-25-23(28(2)13-8-18-9-14-31-15-10-18)27-16-19-6-4-11-26-22(19)29-12-5-7-20(17-29)21(24)30/h4,6,11,18,20H,3,5,7-10,12-17H2,1-2H3,(H2,24,30)(H,25,27). The van der Waals surface area contributed by atoms with Crippen LogP contribution in [0.3, 0.4) is 0 Å². The van der Waals surface area contributed by atoms with Crippen molar-refractivity contribution in [3.05, 3.63) is 23.9 Å². The lowest BCUT2D eigenvalue weighted by Gasteiger charge is -2.33. The molecule has 3 N–H and O–H groups in total. The van der Waals surface area contributed by atoms with E-state index in [-0.39, 0.29) is 11.8 Å². The quantitative estimate of drug-likeness (QED) is 0.484. The smallest absolute Gasteiger partial charge is 0.222 e. The van der Waals surface area contributed by atoms with Gasteiger partial charge in [0.15, 0.2) is 5.96 Å². The molecule has 8 nitrogen and oxygen atoms in total. The van der Waals surface area contributed by atoms with Crippen LogP contribution in [0.5, 0.6) is 0 Å². The van der Waals surface area contributed by atoms with Gasteiger partial charge in [0.25, 0.3) is 0 Å². The first-order chi connectivity index (χ1) is 15.1. The lowest BCUT2D eigenvalue weighted by Crippen LogP contribution is -2.42. The maximum absolute atomic E-state index is 11.7. The average molecular weight is 431 g/mol. The Balaban J connectivity index is 1.65. The van der Waals surface area contributed by atoms with Crippen LogP contribution in [0.1, 0.15) is 44.6 Å². The fourth-order valence-electron chi connectivity index (χ4n) is 4.39. The number of carbonyl (C=O) groups excluding carboxylic acids is 1. The number of nitrogens with zero attached hydrogens (tertiary/aromatic N) is 4. The monoisotopic (exact) mass is 430 g/mol. The predicted octanol–water partition coefficient (Wildman–Crippen LogP) is 2.00. The largest absolute Gasteiger partial charge is 0.381 e. The third-order valence-electron chi connectivity index (χ3n) is 6.30. The highest BCUT2D eigenvalue weighted by molar-refractivity contribution is 5.80. The summed E-state index contributed by atoms with van der Waals surface area (Å²) in [5.41, 5.74) is 6.63. The Morgan fingerprint density at radius 1 is 1.39 bits per heavy atom. The number of amides is 1. The van der Waals surface area contributed by atoms with Crippen LogP contribution in [0.4, 0.5) is 5.82 Å². The average Bonchev–Trinajstić information content (AvgIpc) is 2.81. The molecule has 1 atom stereocenters. The lowest BCUT2D eigenvalue weighted by atomic mass is 9.96. The number of hydrogen-bond donors (Lipinski definition) is 2. The van der Waals surface area contributed by atoms with Crippen molar-refractivity contribution in [1.82, 2.24) is 15.2 Å². The maximum atomic E-state index is 11.7. The van der Waals surface area contributed by atoms with Crippen LogP contribution in [0.25, 0.3) is 0 Å². The third kappa shape index (κ3) is 6.82. The summed E-state index contributed by atoms with van der Waals surface area (Å²) in [6.07, 6.45) is 7.08. The highest BCUT2D eigenvalue weighted by atomic mass is 16.5. The molecule has 1 unspecified atom stereocenters. The van der Waals surface area contributed by atoms with Crippen molar-refractivity contribution in [2.45, 2.75) is 45.6 Å². The van der Waals surface area contributed by atoms with Gasteiger partial charge in [-0.1, -0.05) is 6.07 Å². The number of hydrogen-bond acceptors (Lipinski definition) is 5. The molecular weight excluding hydrogens is 392 g/mol. The minimum absolute atomic E-state index is 0.110. The minimum atomic E-state index is -0.221. The Morgan fingerprint density at radius 2 is 2.19 bits per heavy atom. The van der Waals surface area contributed by atoms with Crippen LogP contribution in [-0.4, -0.2) is 68.2 Å². The zero-order valence-corrected chi connectivity index (χ0v) is 19.1. The van der Waals surface area contributed by atoms with E-state index in [1.807, 2.05) is 12.3 Å². The molecule has 0 bridgehead atoms. The SMILES string of the molecule is CCNC(=NCc1cccnc1N1CCCC(C(N)=O)C1)N(C)CCC1CCOCC1. The van der Waals surface area contributed by atoms with Gasteiger partial charge in [-0.15, -0.1) is 0 Å². The molecule has 8 heteroatoms. The second kappa shape index (κ2) is 11.9. The first kappa shape index (κ1) is 23.3. The van der Waals surface area contributed by atoms with Gasteiger partial charge >= 0.3 is 0 Å². The lowest BCUT2D eigenvalue weighted by molar-refractivity contribution is -0.122. The topological polar surface area (TPSA) is 96.1 Å². The Bertz CT molecular complexity index is 735. The van der Waals surface area contributed by atoms with Gasteiger partial charge < -0.3 is 25.6 Å². The molecule has 172 valence electrons. The van der Waals surface area contributed by atoms with Gasteiger partial charge in [0.05, 0.1) is 12.5 Å². The molecule has 1 amide bonds. The van der Waals surface area contributed by atoms with Crippen molar-refractivity contribution in [2.24, 2.45) is 22.6 Å². The molecule has 2 aliphatic rings. The molecule has 0 spiro atoms. The van der Waals surface area contributed by atoms with Gasteiger partial charge in [-0.25, -0.2) is 9.98 Å². The number of rotatable bonds is 8. The molecule has 2 aliphatic heterocycles. The first-order valence-corrected chi connectivity index (χ1v) is 11.6. The van der Waals surface area contributed by atoms with Crippen molar-refractivity contribution < 1.29 is 9.53 Å². The number of nitrogens with one attached hydrogen (secondary N) is 1. The van der Waals surface area contributed by atoms with Crippen molar-refractivity contribution in [3.8, 4) is 0 Å². The van der Waals surface area contributed by atoms with E-state index in [0.717, 1.165) is 88.2 Å². The number of aliphatic imine (C=N–C) groups is 1. The second-order valence-electron chi connectivity index (χ2n) is 8.61. The molecular formula is C23H38N6O2. The van der Waals surface area contributed by atoms with Crippen molar-refractivity contribution >= 4 is 17.7 Å². The Kier molecular flexibility index (Phi) is 8.94. The molecule has 1 aromatic heterocycles. The van der Waals surface area contributed by atoms with Crippen molar-refractivity contribution in [3.63, 3.8) is 0 Å². The number of nitrogens with two attached hydrogens (primary N) is 1. The summed E-state index contributed by atoms with van der Waals surface area (Å²) in [5.74, 6) is 2.23. The molecule has 1 aromatic rings. The molecule has 2 saturated heterocycles. The normalized spacial score (nSPS) is 20.5. The maximum Gasteiger partial charge on any atom is 0.222 e. The van der Waals surface area contributed by atoms with Crippen LogP contribution < -0.4 is 16.0 Å². The molecule has 0 aromatic carbocycles. The van der Waals surface area contributed by atoms with Crippen LogP contribution in [0, 0.1) is 11.8 Å². The van der Waals surface area contributed by atoms with E-state index in [1.165, 1.54) is 0 Å². The second-order valence-corrected chi connectivity index (χ2v) is 8.61. The van der Waals surface area contributed by atoms with E-state index in [4.69, 9.17) is 15.5 Å². The fraction of sp³-hybridized carbons (Fsp3) is 0.696. The highest BCUT2D eigenvalue weighted by Crippen LogP contribution is 2.25. The van der Waals surface area contributed by atoms with Crippen LogP contribution in [0.2, 0.25) is 0 Å². The zero-order valence-electron chi connectivity index (χ0n) is 19.1. The van der Waals surface area contributed by atoms with E-state index in [1.54, 1.807) is 0 Å². The zero-order chi connectivity index (χ0) is 22.1. The molecule has 0 aliphatic carbocycles. The highest BCUT2D eigenvalue weighted by Gasteiger charge is 2.26. The van der Waals surface area contributed by atoms with E-state index >= 15 is 0 Å². The van der Waals surface area contributed by atoms with Crippen molar-refractivity contribution in [1.29, 1.82) is 0 Å². The van der Waals surface area contributed by atoms with Gasteiger partial charge in [-0.3, -0.25) is 4.79 Å². The number of piperidine rings is 1. The van der Waals surface area contributed by atoms with Gasteiger partial charge in [0.1, 0.15) is 5.82 Å². The molecule has 2 fully saturated rings. The molecule has 31 heavy (non-hydrogen) atoms. The minimum Gasteiger partial charge on any atom is -0.381 e. The fourth-order valence-corrected chi connectivity index (χ4v) is 4.39. The van der Waals surface area contributed by atoms with Crippen LogP contribution in [-0.2, 0) is 16.1 Å². The summed E-state index contributed by atoms with van der Waals surface area (Å²) in [7, 11) is 2.10. The summed E-state index contributed by atoms with van der Waals surface area (Å²) < 4.78 is 5.48. The Hall–Kier alpha value is -2.35. The number of anilines is 1. The number of aromatic nitrogens is 1. The summed E-state index contributed by atoms with van der Waals surface area (Å²) in [6.45, 7) is 7.74. The number of primary amides is 1. The van der Waals surface area contributed by atoms with Gasteiger partial charge in [0.2, 0.25) is 5.91 Å². The summed E-state index contributed by atoms with van der Waals surface area (Å²) in [4.78, 5) is 25.6. The van der Waals surface area contributed by atoms with Gasteiger partial charge in [-0.2, -0.15) is 0 Å². The first-order valence-electron chi connectivity index (χ1n) is 11.6. The number of guanidine groups is 1. The summed E-state index contributed by atoms with van der Waals surface area (Å²) >= 11 is 0. The van der Waals surface area contributed by atoms with Crippen LogP contribution in [0.15, 0.2) is 23.3 Å². The molecule has 0 saturated carbocycles. The van der Waals surface area contributed by atoms with Gasteiger partial charge in [-0.05, 0) is 51.0 Å². The van der Waals surface area contributed by atoms with Crippen LogP contribution >= 0.6 is 0 Å². The third-order valence-corrected chi connectivity index (χ3v) is 6.30. The summed E-state index contributed by atoms with van der Waals surface area (Å²) in [6, 6.07) is 4.02. The number of ether oxygens (including phenoxy) is 1. The van der Waals surface area contributed by atoms with E-state index < -0.39 is 0 Å². The molecule has 3 rings (SSSR count). The van der Waals surface area contributed by atoms with E-state index in [0.29, 0.717) is 13.1 Å². The molecule has 3 heterocycles. The number of carbonyl (C=O) groups is 1. The van der Waals surface area contributed by atoms with Crippen molar-refractivity contribution in [2.75, 3.05) is 51.3 Å². The van der Waals surface area contributed by atoms with E-state index in [2.05, 4.69) is 40.1 Å². The predicted molar refractivity (Wildman–Crippen MR) is 124 cm³/mol. The molecule has 0 radical (unpaired) electrons. The van der Waals surface area contributed by atoms with Gasteiger partial charge in [0, 0.05) is 58.2 Å². The Labute approximate surface area is 186 Å². The number of pyridine rings is 1. The summed E-state index contributed by atoms with van der Waals surface area (Å²) in [5, 5.41) is 3.42. The Morgan fingerprint density at radius 3 is 2.94 bits per heavy atom.